The number of alkyl halides is 6. The summed E-state index contributed by atoms with van der Waals surface area (Å²) in [7, 11) is 0. The number of carbonyl (C=O) groups is 3. The molecule has 2 aromatic rings. The summed E-state index contributed by atoms with van der Waals surface area (Å²) in [5.41, 5.74) is -5.05. The molecule has 4 rings (SSSR count). The van der Waals surface area contributed by atoms with Crippen LogP contribution in [0.1, 0.15) is 53.4 Å². The molecular formula is C24H22F7N4O5+. The monoisotopic (exact) mass is 579 g/mol. The van der Waals surface area contributed by atoms with Gasteiger partial charge in [-0.3, -0.25) is 14.4 Å². The molecule has 0 saturated carbocycles. The summed E-state index contributed by atoms with van der Waals surface area (Å²) in [6, 6.07) is 2.74. The summed E-state index contributed by atoms with van der Waals surface area (Å²) in [6.45, 7) is 1.72. The number of aromatic nitrogens is 2. The number of piperidine rings is 1. The summed E-state index contributed by atoms with van der Waals surface area (Å²) in [6.07, 6.45) is -9.20. The van der Waals surface area contributed by atoms with E-state index in [-0.39, 0.29) is 47.6 Å². The highest BCUT2D eigenvalue weighted by Gasteiger charge is 2.46. The van der Waals surface area contributed by atoms with Crippen LogP contribution >= 0.6 is 0 Å². The number of aromatic amines is 1. The van der Waals surface area contributed by atoms with Gasteiger partial charge in [-0.2, -0.15) is 31.2 Å². The van der Waals surface area contributed by atoms with Crippen molar-refractivity contribution in [2.75, 3.05) is 13.1 Å². The largest absolute Gasteiger partial charge is 0.498 e. The van der Waals surface area contributed by atoms with Gasteiger partial charge in [0.2, 0.25) is 5.91 Å². The van der Waals surface area contributed by atoms with E-state index in [1.165, 1.54) is 5.10 Å². The molecule has 1 N–H and O–H groups in total. The van der Waals surface area contributed by atoms with Gasteiger partial charge in [-0.15, -0.1) is 0 Å². The van der Waals surface area contributed by atoms with E-state index < -0.39 is 58.8 Å². The highest BCUT2D eigenvalue weighted by Crippen LogP contribution is 2.29. The van der Waals surface area contributed by atoms with Gasteiger partial charge in [0.25, 0.3) is 11.6 Å². The number of nitrogens with zero attached hydrogens (tertiary/aromatic N) is 3. The zero-order chi connectivity index (χ0) is 29.6. The van der Waals surface area contributed by atoms with Gasteiger partial charge in [0.1, 0.15) is 22.8 Å². The van der Waals surface area contributed by atoms with Gasteiger partial charge >= 0.3 is 23.9 Å². The molecular weight excluding hydrogens is 557 g/mol. The Bertz CT molecular complexity index is 1410. The average Bonchev–Trinajstić information content (AvgIpc) is 2.84. The predicted octanol–water partition coefficient (Wildman–Crippen LogP) is 2.15. The minimum atomic E-state index is -5.54. The third kappa shape index (κ3) is 5.94. The predicted molar refractivity (Wildman–Crippen MR) is 119 cm³/mol. The van der Waals surface area contributed by atoms with Crippen LogP contribution in [0.5, 0.6) is 0 Å². The van der Waals surface area contributed by atoms with Crippen LogP contribution in [0.3, 0.4) is 0 Å². The van der Waals surface area contributed by atoms with Gasteiger partial charge in [-0.25, -0.2) is 9.18 Å². The number of amides is 2. The molecule has 40 heavy (non-hydrogen) atoms. The number of rotatable bonds is 4. The lowest BCUT2D eigenvalue weighted by Gasteiger charge is -2.47. The molecule has 16 heteroatoms. The van der Waals surface area contributed by atoms with Crippen molar-refractivity contribution in [3.05, 3.63) is 62.8 Å². The Hall–Kier alpha value is -3.98. The molecule has 2 saturated heterocycles. The third-order valence-electron chi connectivity index (χ3n) is 6.74. The summed E-state index contributed by atoms with van der Waals surface area (Å²) < 4.78 is 92.8. The highest BCUT2D eigenvalue weighted by atomic mass is 19.4. The molecule has 0 bridgehead atoms. The molecule has 3 heterocycles. The maximum absolute atomic E-state index is 14.7. The molecule has 2 unspecified atom stereocenters. The molecule has 1 aromatic heterocycles. The second-order valence-corrected chi connectivity index (χ2v) is 9.57. The van der Waals surface area contributed by atoms with Crippen LogP contribution < -0.4 is 15.2 Å². The fourth-order valence-electron chi connectivity index (χ4n) is 4.92. The van der Waals surface area contributed by atoms with Crippen molar-refractivity contribution in [2.24, 2.45) is 0 Å². The van der Waals surface area contributed by atoms with Crippen LogP contribution in [0.4, 0.5) is 30.7 Å². The number of piperazine rings is 1. The van der Waals surface area contributed by atoms with E-state index >= 15 is 0 Å². The van der Waals surface area contributed by atoms with E-state index in [2.05, 4.69) is 4.84 Å². The van der Waals surface area contributed by atoms with Crippen molar-refractivity contribution in [1.82, 2.24) is 14.9 Å². The first kappa shape index (κ1) is 29.0. The first-order valence-corrected chi connectivity index (χ1v) is 12.0. The van der Waals surface area contributed by atoms with Gasteiger partial charge in [-0.1, -0.05) is 11.2 Å². The zero-order valence-corrected chi connectivity index (χ0v) is 20.7. The quantitative estimate of drug-likeness (QED) is 0.442. The molecule has 0 spiro atoms. The Morgan fingerprint density at radius 3 is 2.45 bits per heavy atom. The van der Waals surface area contributed by atoms with E-state index in [0.29, 0.717) is 6.42 Å². The average molecular weight is 579 g/mol. The number of H-pyrrole nitrogens is 1. The van der Waals surface area contributed by atoms with Crippen molar-refractivity contribution in [1.29, 1.82) is 0 Å². The van der Waals surface area contributed by atoms with E-state index in [4.69, 9.17) is 0 Å². The summed E-state index contributed by atoms with van der Waals surface area (Å²) in [4.78, 5) is 55.8. The SMILES string of the molecule is CC1CCCC2CN(C(=O)c3cc(Cc4cc(C(F)(F)F)c(=O)[nH][n+]4OC(=O)C(F)(F)F)ccc3F)CC(=O)N12. The molecule has 9 nitrogen and oxygen atoms in total. The van der Waals surface area contributed by atoms with Gasteiger partial charge < -0.3 is 9.80 Å². The van der Waals surface area contributed by atoms with Crippen LogP contribution in [0.2, 0.25) is 0 Å². The lowest BCUT2D eigenvalue weighted by Crippen LogP contribution is -2.61. The van der Waals surface area contributed by atoms with Crippen LogP contribution in [-0.2, 0) is 22.2 Å². The molecule has 2 amide bonds. The molecule has 0 aliphatic carbocycles. The molecule has 2 fully saturated rings. The summed E-state index contributed by atoms with van der Waals surface area (Å²) in [5.74, 6) is -5.01. The van der Waals surface area contributed by atoms with Gasteiger partial charge in [0.05, 0.1) is 12.0 Å². The second-order valence-electron chi connectivity index (χ2n) is 9.57. The smallest absolute Gasteiger partial charge is 0.334 e. The molecule has 0 radical (unpaired) electrons. The molecule has 2 aliphatic rings. The van der Waals surface area contributed by atoms with E-state index in [1.807, 2.05) is 6.92 Å². The maximum atomic E-state index is 14.7. The lowest BCUT2D eigenvalue weighted by atomic mass is 9.93. The van der Waals surface area contributed by atoms with Crippen molar-refractivity contribution in [2.45, 2.75) is 57.0 Å². The van der Waals surface area contributed by atoms with Gasteiger partial charge in [-0.05, 0) is 43.9 Å². The van der Waals surface area contributed by atoms with Gasteiger partial charge in [0, 0.05) is 24.7 Å². The number of hydrogen-bond acceptors (Lipinski definition) is 5. The number of benzene rings is 1. The number of carbonyl (C=O) groups excluding carboxylic acids is 3. The van der Waals surface area contributed by atoms with Crippen molar-refractivity contribution >= 4 is 17.8 Å². The maximum Gasteiger partial charge on any atom is 0.498 e. The second kappa shape index (κ2) is 10.5. The third-order valence-corrected chi connectivity index (χ3v) is 6.74. The van der Waals surface area contributed by atoms with Crippen molar-refractivity contribution in [3.63, 3.8) is 0 Å². The van der Waals surface area contributed by atoms with Crippen LogP contribution in [0.25, 0.3) is 0 Å². The minimum absolute atomic E-state index is 0.0133. The minimum Gasteiger partial charge on any atom is -0.334 e. The summed E-state index contributed by atoms with van der Waals surface area (Å²) >= 11 is 0. The zero-order valence-electron chi connectivity index (χ0n) is 20.7. The fourth-order valence-corrected chi connectivity index (χ4v) is 4.92. The Labute approximate surface area is 221 Å². The van der Waals surface area contributed by atoms with Crippen LogP contribution in [0, 0.1) is 5.82 Å². The summed E-state index contributed by atoms with van der Waals surface area (Å²) in [5, 5.41) is 1.42. The first-order chi connectivity index (χ1) is 18.6. The van der Waals surface area contributed by atoms with Crippen LogP contribution in [0.15, 0.2) is 29.1 Å². The lowest BCUT2D eigenvalue weighted by molar-refractivity contribution is -0.921. The number of halogens is 7. The van der Waals surface area contributed by atoms with Gasteiger partial charge in [0.15, 0.2) is 0 Å². The molecule has 1 aromatic carbocycles. The normalized spacial score (nSPS) is 19.9. The Morgan fingerprint density at radius 2 is 1.80 bits per heavy atom. The highest BCUT2D eigenvalue weighted by molar-refractivity contribution is 5.97. The number of fused-ring (bicyclic) bond motifs is 1. The van der Waals surface area contributed by atoms with E-state index in [9.17, 15) is 49.9 Å². The van der Waals surface area contributed by atoms with Crippen molar-refractivity contribution in [3.8, 4) is 0 Å². The Balaban J connectivity index is 1.65. The number of nitrogens with one attached hydrogen (secondary N) is 1. The van der Waals surface area contributed by atoms with E-state index in [0.717, 1.165) is 35.9 Å². The number of hydrogen-bond donors (Lipinski definition) is 1. The fraction of sp³-hybridized carbons (Fsp3) is 0.458. The molecule has 216 valence electrons. The molecule has 2 atom stereocenters. The Morgan fingerprint density at radius 1 is 1.10 bits per heavy atom. The first-order valence-electron chi connectivity index (χ1n) is 12.0. The molecule has 2 aliphatic heterocycles. The van der Waals surface area contributed by atoms with Crippen molar-refractivity contribution < 1.29 is 54.8 Å². The Kier molecular flexibility index (Phi) is 7.64. The topological polar surface area (TPSA) is 104 Å². The van der Waals surface area contributed by atoms with Crippen LogP contribution in [-0.4, -0.2) is 64.0 Å². The van der Waals surface area contributed by atoms with E-state index in [1.54, 1.807) is 4.90 Å². The standard InChI is InChI=1S/C24H21F7N4O5/c1-12-3-2-4-14-10-33(11-19(36)34(12)14)21(38)16-8-13(5-6-18(16)25)7-15-9-17(23(26,27)28)20(37)32-35(15)40-22(39)24(29,30)31/h5-6,8-9,12,14H,2-4,7,10-11H2,1H3/p+1.